The van der Waals surface area contributed by atoms with Crippen molar-refractivity contribution in [2.24, 2.45) is 5.92 Å². The largest absolute Gasteiger partial charge is 0.480 e. The number of aryl methyl sites for hydroxylation is 2. The Labute approximate surface area is 183 Å². The number of oxazole rings is 1. The van der Waals surface area contributed by atoms with Crippen LogP contribution in [-0.2, 0) is 4.79 Å². The molecule has 2 fully saturated rings. The van der Waals surface area contributed by atoms with Gasteiger partial charge in [-0.25, -0.2) is 9.37 Å². The highest BCUT2D eigenvalue weighted by Gasteiger charge is 2.39. The van der Waals surface area contributed by atoms with Crippen molar-refractivity contribution < 1.29 is 18.7 Å². The Morgan fingerprint density at radius 3 is 2.65 bits per heavy atom. The van der Waals surface area contributed by atoms with Crippen molar-refractivity contribution in [3.8, 4) is 0 Å². The zero-order valence-corrected chi connectivity index (χ0v) is 18.6. The molecule has 1 aromatic carbocycles. The Hall–Kier alpha value is -2.25. The molecule has 2 saturated heterocycles. The Balaban J connectivity index is 1.44. The molecule has 0 saturated carbocycles. The summed E-state index contributed by atoms with van der Waals surface area (Å²) in [7, 11) is 0. The molecule has 168 valence electrons. The number of aromatic nitrogens is 1. The lowest BCUT2D eigenvalue weighted by Crippen LogP contribution is -2.40. The van der Waals surface area contributed by atoms with Crippen LogP contribution < -0.4 is 0 Å². The van der Waals surface area contributed by atoms with Crippen LogP contribution in [0.15, 0.2) is 28.7 Å². The van der Waals surface area contributed by atoms with Gasteiger partial charge in [-0.1, -0.05) is 12.1 Å². The Kier molecular flexibility index (Phi) is 6.44. The number of carboxylic acid groups (broad SMARTS) is 1. The molecule has 0 spiro atoms. The number of carboxylic acids is 1. The highest BCUT2D eigenvalue weighted by Crippen LogP contribution is 2.36. The lowest BCUT2D eigenvalue weighted by Gasteiger charge is -2.34. The molecule has 3 unspecified atom stereocenters. The molecular formula is C24H32FN3O3. The monoisotopic (exact) mass is 429 g/mol. The van der Waals surface area contributed by atoms with Gasteiger partial charge in [-0.2, -0.15) is 0 Å². The number of hydrogen-bond donors (Lipinski definition) is 1. The summed E-state index contributed by atoms with van der Waals surface area (Å²) < 4.78 is 19.7. The van der Waals surface area contributed by atoms with Crippen LogP contribution in [0.2, 0.25) is 0 Å². The SMILES string of the molecule is Cc1nc(C)c(C2CCN(CC3CN(C(C)C(=O)O)CC3c3cccc(F)c3)CC2)o1. The number of rotatable bonds is 6. The number of likely N-dealkylation sites (tertiary alicyclic amines) is 2. The van der Waals surface area contributed by atoms with Gasteiger partial charge in [-0.05, 0) is 63.4 Å². The van der Waals surface area contributed by atoms with Crippen molar-refractivity contribution in [2.75, 3.05) is 32.7 Å². The first-order chi connectivity index (χ1) is 14.8. The van der Waals surface area contributed by atoms with Gasteiger partial charge in [0.05, 0.1) is 5.69 Å². The summed E-state index contributed by atoms with van der Waals surface area (Å²) in [6, 6.07) is 6.25. The van der Waals surface area contributed by atoms with Gasteiger partial charge in [0.2, 0.25) is 0 Å². The molecular weight excluding hydrogens is 397 g/mol. The number of benzene rings is 1. The minimum atomic E-state index is -0.808. The predicted octanol–water partition coefficient (Wildman–Crippen LogP) is 3.80. The fraction of sp³-hybridized carbons (Fsp3) is 0.583. The maximum Gasteiger partial charge on any atom is 0.320 e. The van der Waals surface area contributed by atoms with E-state index in [1.165, 1.54) is 6.07 Å². The smallest absolute Gasteiger partial charge is 0.320 e. The van der Waals surface area contributed by atoms with Crippen LogP contribution in [0.3, 0.4) is 0 Å². The quantitative estimate of drug-likeness (QED) is 0.753. The first kappa shape index (κ1) is 22.0. The van der Waals surface area contributed by atoms with Gasteiger partial charge in [0, 0.05) is 38.4 Å². The second kappa shape index (κ2) is 9.09. The van der Waals surface area contributed by atoms with E-state index in [1.54, 1.807) is 19.1 Å². The minimum Gasteiger partial charge on any atom is -0.480 e. The summed E-state index contributed by atoms with van der Waals surface area (Å²) in [5, 5.41) is 9.49. The Bertz CT molecular complexity index is 923. The van der Waals surface area contributed by atoms with Crippen molar-refractivity contribution in [3.05, 3.63) is 53.0 Å². The normalized spacial score (nSPS) is 24.5. The third kappa shape index (κ3) is 4.83. The van der Waals surface area contributed by atoms with Crippen LogP contribution in [0.1, 0.15) is 54.5 Å². The maximum atomic E-state index is 13.9. The van der Waals surface area contributed by atoms with E-state index in [1.807, 2.05) is 24.8 Å². The average Bonchev–Trinajstić information content (AvgIpc) is 3.30. The molecule has 3 atom stereocenters. The number of nitrogens with zero attached hydrogens (tertiary/aromatic N) is 3. The molecule has 31 heavy (non-hydrogen) atoms. The standard InChI is InChI=1S/C24H32FN3O3/c1-15-23(31-17(3)26-15)18-7-9-27(10-8-18)12-20-13-28(16(2)24(29)30)14-22(20)19-5-4-6-21(25)11-19/h4-6,11,16,18,20,22H,7-10,12-14H2,1-3H3,(H,29,30). The molecule has 7 heteroatoms. The van der Waals surface area contributed by atoms with E-state index in [0.717, 1.165) is 61.9 Å². The van der Waals surface area contributed by atoms with Crippen LogP contribution in [0.5, 0.6) is 0 Å². The lowest BCUT2D eigenvalue weighted by atomic mass is 9.87. The number of piperidine rings is 1. The summed E-state index contributed by atoms with van der Waals surface area (Å²) in [6.07, 6.45) is 2.06. The van der Waals surface area contributed by atoms with Crippen molar-refractivity contribution in [1.82, 2.24) is 14.8 Å². The molecule has 6 nitrogen and oxygen atoms in total. The lowest BCUT2D eigenvalue weighted by molar-refractivity contribution is -0.142. The van der Waals surface area contributed by atoms with Crippen molar-refractivity contribution in [1.29, 1.82) is 0 Å². The highest BCUT2D eigenvalue weighted by molar-refractivity contribution is 5.73. The molecule has 2 aliphatic rings. The van der Waals surface area contributed by atoms with Crippen LogP contribution >= 0.6 is 0 Å². The van der Waals surface area contributed by atoms with Crippen LogP contribution in [0.4, 0.5) is 4.39 Å². The van der Waals surface area contributed by atoms with Gasteiger partial charge in [0.25, 0.3) is 0 Å². The van der Waals surface area contributed by atoms with Crippen molar-refractivity contribution >= 4 is 5.97 Å². The number of aliphatic carboxylic acids is 1. The topological polar surface area (TPSA) is 69.8 Å². The summed E-state index contributed by atoms with van der Waals surface area (Å²) in [4.78, 5) is 20.5. The van der Waals surface area contributed by atoms with E-state index in [-0.39, 0.29) is 17.7 Å². The van der Waals surface area contributed by atoms with E-state index in [2.05, 4.69) is 9.88 Å². The zero-order chi connectivity index (χ0) is 22.1. The average molecular weight is 430 g/mol. The molecule has 2 aromatic rings. The zero-order valence-electron chi connectivity index (χ0n) is 18.6. The van der Waals surface area contributed by atoms with E-state index < -0.39 is 12.0 Å². The molecule has 0 bridgehead atoms. The van der Waals surface area contributed by atoms with E-state index in [9.17, 15) is 14.3 Å². The minimum absolute atomic E-state index is 0.134. The molecule has 0 amide bonds. The van der Waals surface area contributed by atoms with Crippen LogP contribution in [0, 0.1) is 25.6 Å². The summed E-state index contributed by atoms with van der Waals surface area (Å²) >= 11 is 0. The second-order valence-electron chi connectivity index (χ2n) is 9.15. The highest BCUT2D eigenvalue weighted by atomic mass is 19.1. The number of carbonyl (C=O) groups is 1. The van der Waals surface area contributed by atoms with Crippen LogP contribution in [0.25, 0.3) is 0 Å². The van der Waals surface area contributed by atoms with Crippen molar-refractivity contribution in [2.45, 2.75) is 51.5 Å². The van der Waals surface area contributed by atoms with Gasteiger partial charge in [-0.3, -0.25) is 9.69 Å². The first-order valence-electron chi connectivity index (χ1n) is 11.2. The molecule has 4 rings (SSSR count). The summed E-state index contributed by atoms with van der Waals surface area (Å²) in [5.74, 6) is 1.52. The first-order valence-corrected chi connectivity index (χ1v) is 11.2. The van der Waals surface area contributed by atoms with Gasteiger partial charge in [0.1, 0.15) is 17.6 Å². The van der Waals surface area contributed by atoms with Crippen LogP contribution in [-0.4, -0.2) is 64.6 Å². The Morgan fingerprint density at radius 1 is 1.29 bits per heavy atom. The Morgan fingerprint density at radius 2 is 2.03 bits per heavy atom. The molecule has 0 radical (unpaired) electrons. The second-order valence-corrected chi connectivity index (χ2v) is 9.15. The van der Waals surface area contributed by atoms with Crippen molar-refractivity contribution in [3.63, 3.8) is 0 Å². The summed E-state index contributed by atoms with van der Waals surface area (Å²) in [6.45, 7) is 9.85. The van der Waals surface area contributed by atoms with Gasteiger partial charge >= 0.3 is 5.97 Å². The van der Waals surface area contributed by atoms with Gasteiger partial charge < -0.3 is 14.4 Å². The van der Waals surface area contributed by atoms with E-state index in [0.29, 0.717) is 12.5 Å². The van der Waals surface area contributed by atoms with E-state index >= 15 is 0 Å². The third-order valence-corrected chi connectivity index (χ3v) is 7.04. The van der Waals surface area contributed by atoms with Gasteiger partial charge in [0.15, 0.2) is 5.89 Å². The number of hydrogen-bond acceptors (Lipinski definition) is 5. The third-order valence-electron chi connectivity index (χ3n) is 7.04. The molecule has 3 heterocycles. The fourth-order valence-electron chi connectivity index (χ4n) is 5.31. The molecule has 2 aliphatic heterocycles. The molecule has 1 N–H and O–H groups in total. The number of halogens is 1. The molecule has 1 aromatic heterocycles. The maximum absolute atomic E-state index is 13.9. The predicted molar refractivity (Wildman–Crippen MR) is 116 cm³/mol. The van der Waals surface area contributed by atoms with E-state index in [4.69, 9.17) is 4.42 Å². The van der Waals surface area contributed by atoms with Gasteiger partial charge in [-0.15, -0.1) is 0 Å². The fourth-order valence-corrected chi connectivity index (χ4v) is 5.31. The summed E-state index contributed by atoms with van der Waals surface area (Å²) in [5.41, 5.74) is 1.96. The molecule has 0 aliphatic carbocycles.